The van der Waals surface area contributed by atoms with Gasteiger partial charge in [-0.25, -0.2) is 4.39 Å². The second-order valence-electron chi connectivity index (χ2n) is 5.48. The molecule has 2 fully saturated rings. The molecule has 2 aliphatic rings. The van der Waals surface area contributed by atoms with Crippen LogP contribution in [0.4, 0.5) is 4.39 Å². The van der Waals surface area contributed by atoms with Crippen molar-refractivity contribution in [3.8, 4) is 0 Å². The van der Waals surface area contributed by atoms with E-state index in [9.17, 15) is 35.0 Å². The Morgan fingerprint density at radius 2 is 1.39 bits per heavy atom. The molecular weight excluding hydrogens is 323 g/mol. The molecule has 11 heteroatoms. The first kappa shape index (κ1) is 18.9. The van der Waals surface area contributed by atoms with E-state index in [2.05, 4.69) is 0 Å². The zero-order valence-corrected chi connectivity index (χ0v) is 11.9. The number of aliphatic hydroxyl groups is 7. The van der Waals surface area contributed by atoms with Crippen LogP contribution in [-0.2, 0) is 14.2 Å². The summed E-state index contributed by atoms with van der Waals surface area (Å²) in [6, 6.07) is 0. The van der Waals surface area contributed by atoms with Crippen molar-refractivity contribution in [3.05, 3.63) is 0 Å². The summed E-state index contributed by atoms with van der Waals surface area (Å²) >= 11 is 0. The van der Waals surface area contributed by atoms with Crippen LogP contribution in [0.1, 0.15) is 0 Å². The van der Waals surface area contributed by atoms with Crippen LogP contribution in [-0.4, -0.2) is 110 Å². The highest BCUT2D eigenvalue weighted by Gasteiger charge is 2.50. The number of rotatable bonds is 4. The fourth-order valence-electron chi connectivity index (χ4n) is 2.55. The maximum absolute atomic E-state index is 13.6. The Kier molecular flexibility index (Phi) is 6.24. The molecule has 2 saturated heterocycles. The molecule has 136 valence electrons. The molecular formula is C12H21FO10. The quantitative estimate of drug-likeness (QED) is 0.264. The Balaban J connectivity index is 2.11. The molecule has 0 aliphatic carbocycles. The van der Waals surface area contributed by atoms with Crippen molar-refractivity contribution in [3.63, 3.8) is 0 Å². The van der Waals surface area contributed by atoms with Gasteiger partial charge in [-0.05, 0) is 0 Å². The minimum absolute atomic E-state index is 0.692. The van der Waals surface area contributed by atoms with E-state index >= 15 is 0 Å². The molecule has 10 atom stereocenters. The number of aliphatic hydroxyl groups excluding tert-OH is 7. The van der Waals surface area contributed by atoms with E-state index in [1.165, 1.54) is 0 Å². The average molecular weight is 344 g/mol. The van der Waals surface area contributed by atoms with Gasteiger partial charge in [0.05, 0.1) is 13.2 Å². The predicted molar refractivity (Wildman–Crippen MR) is 67.5 cm³/mol. The molecule has 0 aromatic rings. The van der Waals surface area contributed by atoms with E-state index in [1.54, 1.807) is 0 Å². The van der Waals surface area contributed by atoms with Gasteiger partial charge in [0, 0.05) is 0 Å². The fraction of sp³-hybridized carbons (Fsp3) is 1.00. The van der Waals surface area contributed by atoms with Gasteiger partial charge in [-0.15, -0.1) is 0 Å². The lowest BCUT2D eigenvalue weighted by molar-refractivity contribution is -0.350. The topological polar surface area (TPSA) is 169 Å². The lowest BCUT2D eigenvalue weighted by Crippen LogP contribution is -2.63. The molecule has 0 spiro atoms. The zero-order chi connectivity index (χ0) is 17.3. The zero-order valence-electron chi connectivity index (χ0n) is 11.9. The lowest BCUT2D eigenvalue weighted by Gasteiger charge is -2.44. The maximum atomic E-state index is 13.6. The summed E-state index contributed by atoms with van der Waals surface area (Å²) in [5, 5.41) is 66.5. The van der Waals surface area contributed by atoms with Crippen LogP contribution in [0.15, 0.2) is 0 Å². The Hall–Kier alpha value is -0.470. The third-order valence-electron chi connectivity index (χ3n) is 3.94. The van der Waals surface area contributed by atoms with Crippen molar-refractivity contribution in [1.82, 2.24) is 0 Å². The first-order valence-corrected chi connectivity index (χ1v) is 7.04. The van der Waals surface area contributed by atoms with Gasteiger partial charge >= 0.3 is 0 Å². The van der Waals surface area contributed by atoms with Crippen LogP contribution >= 0.6 is 0 Å². The summed E-state index contributed by atoms with van der Waals surface area (Å²) in [7, 11) is 0. The molecule has 0 saturated carbocycles. The van der Waals surface area contributed by atoms with Crippen molar-refractivity contribution < 1.29 is 54.3 Å². The van der Waals surface area contributed by atoms with Crippen molar-refractivity contribution >= 4 is 0 Å². The molecule has 0 unspecified atom stereocenters. The first-order chi connectivity index (χ1) is 10.8. The molecule has 0 amide bonds. The van der Waals surface area contributed by atoms with Crippen LogP contribution in [0.5, 0.6) is 0 Å². The number of hydrogen-bond acceptors (Lipinski definition) is 10. The van der Waals surface area contributed by atoms with Gasteiger partial charge < -0.3 is 50.0 Å². The van der Waals surface area contributed by atoms with Gasteiger partial charge in [0.25, 0.3) is 0 Å². The lowest BCUT2D eigenvalue weighted by atomic mass is 9.97. The van der Waals surface area contributed by atoms with Gasteiger partial charge in [-0.2, -0.15) is 0 Å². The molecule has 0 aromatic heterocycles. The highest BCUT2D eigenvalue weighted by Crippen LogP contribution is 2.29. The van der Waals surface area contributed by atoms with E-state index in [-0.39, 0.29) is 0 Å². The minimum atomic E-state index is -2.23. The normalized spacial score (nSPS) is 51.7. The largest absolute Gasteiger partial charge is 0.394 e. The van der Waals surface area contributed by atoms with Crippen LogP contribution in [0, 0.1) is 0 Å². The Morgan fingerprint density at radius 1 is 0.783 bits per heavy atom. The molecule has 0 radical (unpaired) electrons. The summed E-state index contributed by atoms with van der Waals surface area (Å²) in [5.74, 6) is 0. The molecule has 0 aromatic carbocycles. The fourth-order valence-corrected chi connectivity index (χ4v) is 2.55. The summed E-state index contributed by atoms with van der Waals surface area (Å²) in [6.07, 6.45) is -16.9. The Labute approximate surface area is 130 Å². The van der Waals surface area contributed by atoms with Crippen LogP contribution in [0.3, 0.4) is 0 Å². The molecule has 23 heavy (non-hydrogen) atoms. The average Bonchev–Trinajstić information content (AvgIpc) is 2.55. The van der Waals surface area contributed by atoms with Crippen molar-refractivity contribution in [2.45, 2.75) is 61.5 Å². The SMILES string of the molecule is OC[C@H]1O[C@H](O[C@H]2[C@H](O)[C@@H](F)[C@H](O)O[C@@H]2CO)[C@H](O)[C@@H](O)[C@@H]1O. The highest BCUT2D eigenvalue weighted by molar-refractivity contribution is 4.93. The smallest absolute Gasteiger partial charge is 0.189 e. The summed E-state index contributed by atoms with van der Waals surface area (Å²) in [6.45, 7) is -1.43. The summed E-state index contributed by atoms with van der Waals surface area (Å²) in [4.78, 5) is 0. The van der Waals surface area contributed by atoms with Crippen LogP contribution < -0.4 is 0 Å². The summed E-state index contributed by atoms with van der Waals surface area (Å²) in [5.41, 5.74) is 0. The summed E-state index contributed by atoms with van der Waals surface area (Å²) < 4.78 is 28.7. The molecule has 2 rings (SSSR count). The van der Waals surface area contributed by atoms with Gasteiger partial charge in [-0.3, -0.25) is 0 Å². The van der Waals surface area contributed by atoms with Crippen LogP contribution in [0.25, 0.3) is 0 Å². The molecule has 7 N–H and O–H groups in total. The molecule has 0 bridgehead atoms. The predicted octanol–water partition coefficient (Wildman–Crippen LogP) is -4.42. The number of halogens is 1. The van der Waals surface area contributed by atoms with Gasteiger partial charge in [0.15, 0.2) is 18.8 Å². The van der Waals surface area contributed by atoms with E-state index in [0.717, 1.165) is 0 Å². The maximum Gasteiger partial charge on any atom is 0.189 e. The Morgan fingerprint density at radius 3 is 1.96 bits per heavy atom. The Bertz CT molecular complexity index is 383. The van der Waals surface area contributed by atoms with Crippen molar-refractivity contribution in [2.75, 3.05) is 13.2 Å². The third kappa shape index (κ3) is 3.64. The van der Waals surface area contributed by atoms with Gasteiger partial charge in [-0.1, -0.05) is 0 Å². The van der Waals surface area contributed by atoms with E-state index < -0.39 is 74.7 Å². The number of hydrogen-bond donors (Lipinski definition) is 7. The monoisotopic (exact) mass is 344 g/mol. The second-order valence-corrected chi connectivity index (χ2v) is 5.48. The van der Waals surface area contributed by atoms with E-state index in [4.69, 9.17) is 19.3 Å². The number of ether oxygens (including phenoxy) is 3. The molecule has 2 aliphatic heterocycles. The second kappa shape index (κ2) is 7.61. The van der Waals surface area contributed by atoms with Gasteiger partial charge in [0.2, 0.25) is 0 Å². The molecule has 10 nitrogen and oxygen atoms in total. The van der Waals surface area contributed by atoms with Gasteiger partial charge in [0.1, 0.15) is 42.7 Å². The molecule has 2 heterocycles. The van der Waals surface area contributed by atoms with Crippen molar-refractivity contribution in [2.24, 2.45) is 0 Å². The minimum Gasteiger partial charge on any atom is -0.394 e. The van der Waals surface area contributed by atoms with Crippen LogP contribution in [0.2, 0.25) is 0 Å². The first-order valence-electron chi connectivity index (χ1n) is 7.04. The standard InChI is InChI=1S/C12H21FO10/c13-5-7(17)10(4(2-15)21-11(5)20)23-12-9(19)8(18)6(16)3(1-14)22-12/h3-12,14-20H,1-2H2/t3-,4-,5-,6-,7-,8+,9-,10-,11-,12-/m1/s1. The third-order valence-corrected chi connectivity index (χ3v) is 3.94. The highest BCUT2D eigenvalue weighted by atomic mass is 19.1. The number of alkyl halides is 1. The van der Waals surface area contributed by atoms with Crippen molar-refractivity contribution in [1.29, 1.82) is 0 Å². The van der Waals surface area contributed by atoms with E-state index in [0.29, 0.717) is 0 Å². The van der Waals surface area contributed by atoms with E-state index in [1.807, 2.05) is 0 Å².